The number of esters is 1. The smallest absolute Gasteiger partial charge is 0.341 e. The lowest BCUT2D eigenvalue weighted by molar-refractivity contribution is 0.0601. The van der Waals surface area contributed by atoms with Gasteiger partial charge in [0.05, 0.1) is 25.6 Å². The fourth-order valence-electron chi connectivity index (χ4n) is 2.38. The number of anilines is 2. The van der Waals surface area contributed by atoms with Crippen molar-refractivity contribution in [2.24, 2.45) is 5.92 Å². The Kier molecular flexibility index (Phi) is 4.21. The van der Waals surface area contributed by atoms with Crippen LogP contribution in [0, 0.1) is 5.92 Å². The average Bonchev–Trinajstić information content (AvgIpc) is 2.86. The van der Waals surface area contributed by atoms with Gasteiger partial charge in [0, 0.05) is 26.1 Å². The van der Waals surface area contributed by atoms with Crippen LogP contribution in [0.15, 0.2) is 12.3 Å². The average molecular weight is 265 g/mol. The first-order chi connectivity index (χ1) is 9.15. The molecule has 1 aromatic heterocycles. The van der Waals surface area contributed by atoms with Crippen molar-refractivity contribution in [2.45, 2.75) is 6.42 Å². The molecule has 2 N–H and O–H groups in total. The number of methoxy groups -OCH3 is 2. The summed E-state index contributed by atoms with van der Waals surface area (Å²) in [7, 11) is 3.05. The van der Waals surface area contributed by atoms with Crippen LogP contribution >= 0.6 is 0 Å². The molecule has 6 nitrogen and oxygen atoms in total. The van der Waals surface area contributed by atoms with Gasteiger partial charge in [0.15, 0.2) is 0 Å². The number of nitrogens with two attached hydrogens (primary N) is 1. The SMILES string of the molecule is COCC1CCN(c2ncc(N)cc2C(=O)OC)C1. The molecule has 2 rings (SSSR count). The molecule has 1 aliphatic heterocycles. The molecular weight excluding hydrogens is 246 g/mol. The minimum absolute atomic E-state index is 0.412. The molecule has 1 atom stereocenters. The Balaban J connectivity index is 2.22. The summed E-state index contributed by atoms with van der Waals surface area (Å²) in [5.74, 6) is 0.694. The number of nitrogen functional groups attached to an aromatic ring is 1. The predicted octanol–water partition coefficient (Wildman–Crippen LogP) is 0.923. The fraction of sp³-hybridized carbons (Fsp3) is 0.538. The van der Waals surface area contributed by atoms with Gasteiger partial charge >= 0.3 is 5.97 Å². The van der Waals surface area contributed by atoms with Gasteiger partial charge in [-0.1, -0.05) is 0 Å². The van der Waals surface area contributed by atoms with Gasteiger partial charge < -0.3 is 20.1 Å². The number of pyridine rings is 1. The van der Waals surface area contributed by atoms with E-state index in [2.05, 4.69) is 9.88 Å². The molecule has 1 saturated heterocycles. The summed E-state index contributed by atoms with van der Waals surface area (Å²) in [5.41, 5.74) is 6.56. The van der Waals surface area contributed by atoms with E-state index in [1.54, 1.807) is 19.4 Å². The first-order valence-electron chi connectivity index (χ1n) is 6.23. The van der Waals surface area contributed by atoms with Crippen LogP contribution < -0.4 is 10.6 Å². The van der Waals surface area contributed by atoms with E-state index in [1.807, 2.05) is 0 Å². The number of carbonyl (C=O) groups is 1. The van der Waals surface area contributed by atoms with Gasteiger partial charge in [-0.15, -0.1) is 0 Å². The third-order valence-electron chi connectivity index (χ3n) is 3.28. The molecule has 6 heteroatoms. The van der Waals surface area contributed by atoms with Crippen molar-refractivity contribution in [1.29, 1.82) is 0 Å². The monoisotopic (exact) mass is 265 g/mol. The highest BCUT2D eigenvalue weighted by atomic mass is 16.5. The van der Waals surface area contributed by atoms with Crippen molar-refractivity contribution >= 4 is 17.5 Å². The first-order valence-corrected chi connectivity index (χ1v) is 6.23. The molecule has 104 valence electrons. The molecule has 0 aliphatic carbocycles. The van der Waals surface area contributed by atoms with Crippen molar-refractivity contribution < 1.29 is 14.3 Å². The molecule has 1 aliphatic rings. The van der Waals surface area contributed by atoms with Crippen LogP contribution in [0.3, 0.4) is 0 Å². The van der Waals surface area contributed by atoms with E-state index >= 15 is 0 Å². The van der Waals surface area contributed by atoms with Crippen LogP contribution in [-0.4, -0.2) is 44.9 Å². The first kappa shape index (κ1) is 13.6. The van der Waals surface area contributed by atoms with Crippen molar-refractivity contribution in [3.05, 3.63) is 17.8 Å². The molecule has 0 bridgehead atoms. The molecule has 1 fully saturated rings. The summed E-state index contributed by atoms with van der Waals surface area (Å²) in [4.78, 5) is 18.1. The Morgan fingerprint density at radius 1 is 1.58 bits per heavy atom. The van der Waals surface area contributed by atoms with Crippen LogP contribution in [-0.2, 0) is 9.47 Å². The summed E-state index contributed by atoms with van der Waals surface area (Å²) >= 11 is 0. The minimum Gasteiger partial charge on any atom is -0.465 e. The molecule has 0 amide bonds. The van der Waals surface area contributed by atoms with Gasteiger partial charge in [0.1, 0.15) is 11.4 Å². The number of carbonyl (C=O) groups excluding carboxylic acids is 1. The Hall–Kier alpha value is -1.82. The molecule has 0 radical (unpaired) electrons. The van der Waals surface area contributed by atoms with Gasteiger partial charge in [-0.3, -0.25) is 0 Å². The van der Waals surface area contributed by atoms with Gasteiger partial charge in [-0.25, -0.2) is 9.78 Å². The van der Waals surface area contributed by atoms with E-state index in [4.69, 9.17) is 15.2 Å². The van der Waals surface area contributed by atoms with Crippen molar-refractivity contribution in [1.82, 2.24) is 4.98 Å². The largest absolute Gasteiger partial charge is 0.465 e. The quantitative estimate of drug-likeness (QED) is 0.816. The van der Waals surface area contributed by atoms with Crippen molar-refractivity contribution in [2.75, 3.05) is 44.5 Å². The normalized spacial score (nSPS) is 18.6. The summed E-state index contributed by atoms with van der Waals surface area (Å²) in [5, 5.41) is 0. The summed E-state index contributed by atoms with van der Waals surface area (Å²) in [6.45, 7) is 2.41. The zero-order chi connectivity index (χ0) is 13.8. The molecule has 1 aromatic rings. The Morgan fingerprint density at radius 3 is 3.05 bits per heavy atom. The second-order valence-electron chi connectivity index (χ2n) is 4.69. The molecule has 19 heavy (non-hydrogen) atoms. The van der Waals surface area contributed by atoms with E-state index < -0.39 is 5.97 Å². The topological polar surface area (TPSA) is 77.7 Å². The lowest BCUT2D eigenvalue weighted by atomic mass is 10.1. The van der Waals surface area contributed by atoms with E-state index in [0.717, 1.165) is 26.1 Å². The minimum atomic E-state index is -0.412. The standard InChI is InChI=1S/C13H19N3O3/c1-18-8-9-3-4-16(7-9)12-11(13(17)19-2)5-10(14)6-15-12/h5-6,9H,3-4,7-8,14H2,1-2H3. The van der Waals surface area contributed by atoms with Crippen molar-refractivity contribution in [3.8, 4) is 0 Å². The van der Waals surface area contributed by atoms with Gasteiger partial charge in [-0.2, -0.15) is 0 Å². The summed E-state index contributed by atoms with van der Waals surface area (Å²) < 4.78 is 9.95. The zero-order valence-electron chi connectivity index (χ0n) is 11.3. The molecular formula is C13H19N3O3. The van der Waals surface area contributed by atoms with E-state index in [9.17, 15) is 4.79 Å². The second kappa shape index (κ2) is 5.88. The van der Waals surface area contributed by atoms with E-state index in [0.29, 0.717) is 23.0 Å². The highest BCUT2D eigenvalue weighted by Crippen LogP contribution is 2.27. The molecule has 0 spiro atoms. The van der Waals surface area contributed by atoms with Crippen LogP contribution in [0.1, 0.15) is 16.8 Å². The maximum atomic E-state index is 11.8. The fourth-order valence-corrected chi connectivity index (χ4v) is 2.38. The molecule has 0 aromatic carbocycles. The van der Waals surface area contributed by atoms with Crippen LogP contribution in [0.2, 0.25) is 0 Å². The van der Waals surface area contributed by atoms with Crippen LogP contribution in [0.5, 0.6) is 0 Å². The lowest BCUT2D eigenvalue weighted by Crippen LogP contribution is -2.24. The number of hydrogen-bond acceptors (Lipinski definition) is 6. The van der Waals surface area contributed by atoms with Gasteiger partial charge in [-0.05, 0) is 12.5 Å². The number of nitrogens with zero attached hydrogens (tertiary/aromatic N) is 2. The zero-order valence-corrected chi connectivity index (χ0v) is 11.3. The maximum absolute atomic E-state index is 11.8. The summed E-state index contributed by atoms with van der Waals surface area (Å²) in [6.07, 6.45) is 2.59. The number of rotatable bonds is 4. The number of aromatic nitrogens is 1. The van der Waals surface area contributed by atoms with Gasteiger partial charge in [0.2, 0.25) is 0 Å². The van der Waals surface area contributed by atoms with Gasteiger partial charge in [0.25, 0.3) is 0 Å². The highest BCUT2D eigenvalue weighted by Gasteiger charge is 2.27. The van der Waals surface area contributed by atoms with Crippen LogP contribution in [0.4, 0.5) is 11.5 Å². The number of ether oxygens (including phenoxy) is 2. The summed E-state index contributed by atoms with van der Waals surface area (Å²) in [6, 6.07) is 1.61. The second-order valence-corrected chi connectivity index (χ2v) is 4.69. The Morgan fingerprint density at radius 2 is 2.37 bits per heavy atom. The van der Waals surface area contributed by atoms with E-state index in [1.165, 1.54) is 7.11 Å². The predicted molar refractivity (Wildman–Crippen MR) is 72.2 cm³/mol. The highest BCUT2D eigenvalue weighted by molar-refractivity contribution is 5.95. The maximum Gasteiger partial charge on any atom is 0.341 e. The third kappa shape index (κ3) is 2.96. The van der Waals surface area contributed by atoms with Crippen molar-refractivity contribution in [3.63, 3.8) is 0 Å². The van der Waals surface area contributed by atoms with Crippen LogP contribution in [0.25, 0.3) is 0 Å². The third-order valence-corrected chi connectivity index (χ3v) is 3.28. The number of hydrogen-bond donors (Lipinski definition) is 1. The molecule has 0 saturated carbocycles. The van der Waals surface area contributed by atoms with E-state index in [-0.39, 0.29) is 0 Å². The molecule has 2 heterocycles. The molecule has 1 unspecified atom stereocenters. The Bertz CT molecular complexity index is 464. The Labute approximate surface area is 112 Å². The lowest BCUT2D eigenvalue weighted by Gasteiger charge is -2.20.